The Morgan fingerprint density at radius 1 is 1.29 bits per heavy atom. The number of nitrogens with one attached hydrogen (secondary N) is 1. The molecule has 0 saturated carbocycles. The molecule has 2 heterocycles. The van der Waals surface area contributed by atoms with E-state index in [-0.39, 0.29) is 11.3 Å². The number of rotatable bonds is 3. The van der Waals surface area contributed by atoms with E-state index in [1.807, 2.05) is 19.9 Å². The van der Waals surface area contributed by atoms with Crippen LogP contribution in [-0.4, -0.2) is 21.5 Å². The first-order valence-electron chi connectivity index (χ1n) is 7.57. The van der Waals surface area contributed by atoms with Crippen molar-refractivity contribution in [2.75, 3.05) is 5.32 Å². The fraction of sp³-hybridized carbons (Fsp3) is 0.353. The highest BCUT2D eigenvalue weighted by Gasteiger charge is 2.26. The summed E-state index contributed by atoms with van der Waals surface area (Å²) in [5.74, 6) is 0.238. The van der Waals surface area contributed by atoms with Gasteiger partial charge >= 0.3 is 0 Å². The molecular weight excluding hydrogens is 316 g/mol. The van der Waals surface area contributed by atoms with Gasteiger partial charge in [0.1, 0.15) is 29.1 Å². The van der Waals surface area contributed by atoms with Crippen molar-refractivity contribution in [3.63, 3.8) is 0 Å². The number of anilines is 1. The minimum Gasteiger partial charge on any atom is -0.488 e. The summed E-state index contributed by atoms with van der Waals surface area (Å²) in [6, 6.07) is 6.34. The van der Waals surface area contributed by atoms with Crippen LogP contribution in [0.15, 0.2) is 30.6 Å². The quantitative estimate of drug-likeness (QED) is 0.929. The molecule has 0 bridgehead atoms. The molecule has 7 heteroatoms. The van der Waals surface area contributed by atoms with Gasteiger partial charge < -0.3 is 10.1 Å². The molecule has 0 aliphatic carbocycles. The van der Waals surface area contributed by atoms with Crippen LogP contribution in [0.25, 0.3) is 0 Å². The Bertz CT molecular complexity index is 778. The molecule has 0 atom stereocenters. The molecule has 0 unspecified atom stereocenters. The Morgan fingerprint density at radius 2 is 2.08 bits per heavy atom. The van der Waals surface area contributed by atoms with Crippen molar-refractivity contribution >= 4 is 11.6 Å². The number of alkyl halides is 2. The zero-order valence-corrected chi connectivity index (χ0v) is 13.3. The van der Waals surface area contributed by atoms with Gasteiger partial charge in [0, 0.05) is 5.69 Å². The fourth-order valence-corrected chi connectivity index (χ4v) is 2.55. The summed E-state index contributed by atoms with van der Waals surface area (Å²) in [4.78, 5) is 19.4. The van der Waals surface area contributed by atoms with E-state index in [1.54, 1.807) is 12.1 Å². The van der Waals surface area contributed by atoms with Gasteiger partial charge in [-0.1, -0.05) is 0 Å². The predicted octanol–water partition coefficient (Wildman–Crippen LogP) is 3.77. The highest BCUT2D eigenvalue weighted by molar-refractivity contribution is 6.02. The third-order valence-electron chi connectivity index (χ3n) is 3.85. The normalized spacial score (nSPS) is 15.5. The summed E-state index contributed by atoms with van der Waals surface area (Å²) in [6.45, 7) is 4.06. The Hall–Kier alpha value is -2.57. The number of halogens is 2. The third-order valence-corrected chi connectivity index (χ3v) is 3.85. The van der Waals surface area contributed by atoms with Crippen LogP contribution in [0.1, 0.15) is 48.4 Å². The number of aryl methyl sites for hydroxylation is 1. The number of nitrogens with zero attached hydrogens (tertiary/aromatic N) is 2. The second kappa shape index (κ2) is 6.14. The van der Waals surface area contributed by atoms with Crippen molar-refractivity contribution in [3.05, 3.63) is 47.5 Å². The summed E-state index contributed by atoms with van der Waals surface area (Å²) >= 11 is 0. The van der Waals surface area contributed by atoms with E-state index in [0.29, 0.717) is 5.69 Å². The number of carbonyl (C=O) groups is 1. The van der Waals surface area contributed by atoms with Gasteiger partial charge in [0.2, 0.25) is 0 Å². The van der Waals surface area contributed by atoms with Gasteiger partial charge in [0.25, 0.3) is 12.3 Å². The van der Waals surface area contributed by atoms with E-state index in [9.17, 15) is 13.6 Å². The first-order chi connectivity index (χ1) is 11.3. The average Bonchev–Trinajstić information content (AvgIpc) is 2.54. The van der Waals surface area contributed by atoms with Crippen LogP contribution >= 0.6 is 0 Å². The summed E-state index contributed by atoms with van der Waals surface area (Å²) < 4.78 is 31.2. The lowest BCUT2D eigenvalue weighted by molar-refractivity contribution is 0.0847. The molecule has 1 aromatic carbocycles. The predicted molar refractivity (Wildman–Crippen MR) is 84.4 cm³/mol. The lowest BCUT2D eigenvalue weighted by Gasteiger charge is -2.32. The molecule has 1 aliphatic heterocycles. The number of aromatic nitrogens is 2. The van der Waals surface area contributed by atoms with Crippen LogP contribution in [0.3, 0.4) is 0 Å². The van der Waals surface area contributed by atoms with Crippen molar-refractivity contribution in [2.24, 2.45) is 0 Å². The minimum absolute atomic E-state index is 0.101. The molecule has 1 aliphatic rings. The lowest BCUT2D eigenvalue weighted by Crippen LogP contribution is -2.32. The van der Waals surface area contributed by atoms with Gasteiger partial charge in [-0.25, -0.2) is 18.7 Å². The van der Waals surface area contributed by atoms with Crippen molar-refractivity contribution in [3.8, 4) is 5.75 Å². The van der Waals surface area contributed by atoms with Crippen LogP contribution in [-0.2, 0) is 6.42 Å². The van der Waals surface area contributed by atoms with E-state index in [0.717, 1.165) is 36.5 Å². The number of ether oxygens (including phenoxy) is 1. The van der Waals surface area contributed by atoms with Crippen molar-refractivity contribution in [2.45, 2.75) is 38.7 Å². The van der Waals surface area contributed by atoms with Crippen LogP contribution in [0.5, 0.6) is 5.75 Å². The maximum atomic E-state index is 12.7. The van der Waals surface area contributed by atoms with E-state index in [2.05, 4.69) is 15.3 Å². The van der Waals surface area contributed by atoms with Gasteiger partial charge in [-0.3, -0.25) is 4.79 Å². The highest BCUT2D eigenvalue weighted by atomic mass is 19.3. The first-order valence-corrected chi connectivity index (χ1v) is 7.57. The average molecular weight is 333 g/mol. The SMILES string of the molecule is CC1(C)CCc2cc(NC(=O)c3cc(C(F)F)ncn3)ccc2O1. The Kier molecular flexibility index (Phi) is 4.17. The molecule has 2 aromatic rings. The topological polar surface area (TPSA) is 64.1 Å². The Labute approximate surface area is 138 Å². The number of hydrogen-bond donors (Lipinski definition) is 1. The van der Waals surface area contributed by atoms with Crippen molar-refractivity contribution in [1.29, 1.82) is 0 Å². The summed E-state index contributed by atoms with van der Waals surface area (Å²) in [6.07, 6.45) is -0.0706. The molecule has 1 aromatic heterocycles. The number of carbonyl (C=O) groups excluding carboxylic acids is 1. The van der Waals surface area contributed by atoms with Crippen molar-refractivity contribution in [1.82, 2.24) is 9.97 Å². The molecule has 1 amide bonds. The minimum atomic E-state index is -2.75. The van der Waals surface area contributed by atoms with Crippen molar-refractivity contribution < 1.29 is 18.3 Å². The molecule has 126 valence electrons. The van der Waals surface area contributed by atoms with Crippen LogP contribution in [0, 0.1) is 0 Å². The van der Waals surface area contributed by atoms with Gasteiger partial charge in [0.05, 0.1) is 0 Å². The monoisotopic (exact) mass is 333 g/mol. The molecule has 3 rings (SSSR count). The zero-order valence-electron chi connectivity index (χ0n) is 13.3. The van der Waals surface area contributed by atoms with E-state index in [1.165, 1.54) is 0 Å². The second-order valence-corrected chi connectivity index (χ2v) is 6.27. The molecule has 5 nitrogen and oxygen atoms in total. The molecule has 0 fully saturated rings. The van der Waals surface area contributed by atoms with Gasteiger partial charge in [-0.05, 0) is 56.5 Å². The second-order valence-electron chi connectivity index (χ2n) is 6.27. The number of hydrogen-bond acceptors (Lipinski definition) is 4. The maximum absolute atomic E-state index is 12.7. The molecular formula is C17H17F2N3O2. The Morgan fingerprint density at radius 3 is 2.83 bits per heavy atom. The van der Waals surface area contributed by atoms with Crippen LogP contribution in [0.2, 0.25) is 0 Å². The Balaban J connectivity index is 1.77. The number of fused-ring (bicyclic) bond motifs is 1. The molecule has 0 radical (unpaired) electrons. The first kappa shape index (κ1) is 16.3. The summed E-state index contributed by atoms with van der Waals surface area (Å²) in [5.41, 5.74) is 0.790. The molecule has 24 heavy (non-hydrogen) atoms. The summed E-state index contributed by atoms with van der Waals surface area (Å²) in [7, 11) is 0. The zero-order chi connectivity index (χ0) is 17.3. The smallest absolute Gasteiger partial charge is 0.280 e. The fourth-order valence-electron chi connectivity index (χ4n) is 2.55. The van der Waals surface area contributed by atoms with Gasteiger partial charge in [-0.15, -0.1) is 0 Å². The maximum Gasteiger partial charge on any atom is 0.280 e. The summed E-state index contributed by atoms with van der Waals surface area (Å²) in [5, 5.41) is 2.67. The largest absolute Gasteiger partial charge is 0.488 e. The third kappa shape index (κ3) is 3.50. The van der Waals surface area contributed by atoms with E-state index >= 15 is 0 Å². The number of benzene rings is 1. The lowest BCUT2D eigenvalue weighted by atomic mass is 9.94. The van der Waals surface area contributed by atoms with Crippen LogP contribution < -0.4 is 10.1 Å². The molecule has 0 saturated heterocycles. The molecule has 1 N–H and O–H groups in total. The number of amides is 1. The van der Waals surface area contributed by atoms with E-state index in [4.69, 9.17) is 4.74 Å². The van der Waals surface area contributed by atoms with Crippen LogP contribution in [0.4, 0.5) is 14.5 Å². The van der Waals surface area contributed by atoms with Gasteiger partial charge in [0.15, 0.2) is 0 Å². The molecule has 0 spiro atoms. The van der Waals surface area contributed by atoms with Gasteiger partial charge in [-0.2, -0.15) is 0 Å². The highest BCUT2D eigenvalue weighted by Crippen LogP contribution is 2.34. The standard InChI is InChI=1S/C17H17F2N3O2/c1-17(2)6-5-10-7-11(3-4-14(10)24-17)22-16(23)13-8-12(15(18)19)20-9-21-13/h3-4,7-9,15H,5-6H2,1-2H3,(H,22,23). The van der Waals surface area contributed by atoms with E-state index < -0.39 is 18.0 Å².